The number of nitrogens with zero attached hydrogens (tertiary/aromatic N) is 4. The van der Waals surface area contributed by atoms with E-state index in [2.05, 4.69) is 20.4 Å². The van der Waals surface area contributed by atoms with E-state index < -0.39 is 18.5 Å². The lowest BCUT2D eigenvalue weighted by atomic mass is 10.1. The standard InChI is InChI=1S/C18H17N5O4/c1-3-15-14(8-19-18-20-10-21-23(15)18)17(26)27-9-16(25)22-13-6-4-5-12(7-13)11(2)24/h4-8,10H,3,9H2,1-2H3,(H,22,25). The predicted octanol–water partition coefficient (Wildman–Crippen LogP) is 1.68. The summed E-state index contributed by atoms with van der Waals surface area (Å²) in [5.41, 5.74) is 1.74. The van der Waals surface area contributed by atoms with Gasteiger partial charge in [-0.3, -0.25) is 9.59 Å². The van der Waals surface area contributed by atoms with Crippen LogP contribution in [0.25, 0.3) is 5.78 Å². The molecule has 2 heterocycles. The first kappa shape index (κ1) is 18.2. The lowest BCUT2D eigenvalue weighted by molar-refractivity contribution is -0.119. The molecule has 27 heavy (non-hydrogen) atoms. The number of aryl methyl sites for hydroxylation is 1. The zero-order valence-corrected chi connectivity index (χ0v) is 14.8. The predicted molar refractivity (Wildman–Crippen MR) is 95.5 cm³/mol. The van der Waals surface area contributed by atoms with Crippen LogP contribution < -0.4 is 5.32 Å². The first-order chi connectivity index (χ1) is 13.0. The Morgan fingerprint density at radius 2 is 2.04 bits per heavy atom. The minimum Gasteiger partial charge on any atom is -0.452 e. The number of benzene rings is 1. The summed E-state index contributed by atoms with van der Waals surface area (Å²) in [4.78, 5) is 43.8. The molecule has 0 aliphatic rings. The van der Waals surface area contributed by atoms with E-state index in [-0.39, 0.29) is 11.3 Å². The Bertz CT molecular complexity index is 1030. The van der Waals surface area contributed by atoms with Crippen LogP contribution in [0.2, 0.25) is 0 Å². The second kappa shape index (κ2) is 7.73. The maximum absolute atomic E-state index is 12.3. The molecule has 0 fully saturated rings. The first-order valence-electron chi connectivity index (χ1n) is 8.25. The Kier molecular flexibility index (Phi) is 5.20. The number of rotatable bonds is 6. The van der Waals surface area contributed by atoms with Gasteiger partial charge in [0.05, 0.1) is 11.3 Å². The van der Waals surface area contributed by atoms with Crippen molar-refractivity contribution in [2.45, 2.75) is 20.3 Å². The van der Waals surface area contributed by atoms with Gasteiger partial charge in [0.15, 0.2) is 12.4 Å². The fraction of sp³-hybridized carbons (Fsp3) is 0.222. The van der Waals surface area contributed by atoms with Gasteiger partial charge < -0.3 is 10.1 Å². The number of carbonyl (C=O) groups is 3. The molecular weight excluding hydrogens is 350 g/mol. The summed E-state index contributed by atoms with van der Waals surface area (Å²) in [6, 6.07) is 6.51. The van der Waals surface area contributed by atoms with Gasteiger partial charge >= 0.3 is 5.97 Å². The normalized spacial score (nSPS) is 10.6. The van der Waals surface area contributed by atoms with E-state index >= 15 is 0 Å². The average Bonchev–Trinajstić information content (AvgIpc) is 3.14. The van der Waals surface area contributed by atoms with Crippen molar-refractivity contribution in [1.29, 1.82) is 0 Å². The maximum Gasteiger partial charge on any atom is 0.342 e. The molecule has 0 aliphatic heterocycles. The van der Waals surface area contributed by atoms with Crippen molar-refractivity contribution in [3.63, 3.8) is 0 Å². The first-order valence-corrected chi connectivity index (χ1v) is 8.25. The molecule has 0 spiro atoms. The van der Waals surface area contributed by atoms with Crippen molar-refractivity contribution in [3.05, 3.63) is 53.6 Å². The van der Waals surface area contributed by atoms with Gasteiger partial charge in [-0.1, -0.05) is 19.1 Å². The highest BCUT2D eigenvalue weighted by molar-refractivity contribution is 5.98. The highest BCUT2D eigenvalue weighted by atomic mass is 16.5. The number of carbonyl (C=O) groups excluding carboxylic acids is 3. The topological polar surface area (TPSA) is 116 Å². The zero-order chi connectivity index (χ0) is 19.4. The van der Waals surface area contributed by atoms with E-state index in [1.165, 1.54) is 24.0 Å². The Morgan fingerprint density at radius 3 is 2.78 bits per heavy atom. The third-order valence-electron chi connectivity index (χ3n) is 3.85. The van der Waals surface area contributed by atoms with Crippen LogP contribution in [0.1, 0.15) is 40.3 Å². The molecule has 9 heteroatoms. The average molecular weight is 367 g/mol. The number of fused-ring (bicyclic) bond motifs is 1. The van der Waals surface area contributed by atoms with E-state index in [9.17, 15) is 14.4 Å². The molecule has 0 bridgehead atoms. The van der Waals surface area contributed by atoms with Gasteiger partial charge in [-0.25, -0.2) is 14.3 Å². The molecule has 2 aromatic heterocycles. The lowest BCUT2D eigenvalue weighted by Gasteiger charge is -2.10. The second-order valence-electron chi connectivity index (χ2n) is 5.71. The van der Waals surface area contributed by atoms with Gasteiger partial charge in [0.25, 0.3) is 11.7 Å². The van der Waals surface area contributed by atoms with Crippen LogP contribution in [-0.4, -0.2) is 43.8 Å². The van der Waals surface area contributed by atoms with Crippen LogP contribution >= 0.6 is 0 Å². The summed E-state index contributed by atoms with van der Waals surface area (Å²) in [6.45, 7) is 2.83. The molecule has 138 valence electrons. The quantitative estimate of drug-likeness (QED) is 0.520. The number of nitrogens with one attached hydrogen (secondary N) is 1. The van der Waals surface area contributed by atoms with E-state index in [0.717, 1.165) is 0 Å². The Morgan fingerprint density at radius 1 is 1.22 bits per heavy atom. The van der Waals surface area contributed by atoms with Gasteiger partial charge in [-0.05, 0) is 25.5 Å². The molecule has 0 atom stereocenters. The van der Waals surface area contributed by atoms with Crippen LogP contribution in [0.3, 0.4) is 0 Å². The lowest BCUT2D eigenvalue weighted by Crippen LogP contribution is -2.22. The van der Waals surface area contributed by atoms with Crippen molar-refractivity contribution >= 4 is 29.1 Å². The maximum atomic E-state index is 12.3. The number of esters is 1. The number of amides is 1. The third-order valence-corrected chi connectivity index (χ3v) is 3.85. The van der Waals surface area contributed by atoms with Crippen LogP contribution in [-0.2, 0) is 16.0 Å². The van der Waals surface area contributed by atoms with E-state index in [1.807, 2.05) is 6.92 Å². The van der Waals surface area contributed by atoms with Crippen molar-refractivity contribution < 1.29 is 19.1 Å². The van der Waals surface area contributed by atoms with Gasteiger partial charge in [0.2, 0.25) is 0 Å². The number of ether oxygens (including phenoxy) is 1. The number of aromatic nitrogens is 4. The molecule has 0 saturated heterocycles. The Balaban J connectivity index is 1.66. The molecule has 1 amide bonds. The van der Waals surface area contributed by atoms with Crippen molar-refractivity contribution in [2.24, 2.45) is 0 Å². The van der Waals surface area contributed by atoms with Gasteiger partial charge in [-0.2, -0.15) is 10.1 Å². The molecule has 9 nitrogen and oxygen atoms in total. The van der Waals surface area contributed by atoms with Crippen LogP contribution in [0, 0.1) is 0 Å². The minimum atomic E-state index is -0.676. The monoisotopic (exact) mass is 367 g/mol. The van der Waals surface area contributed by atoms with Crippen molar-refractivity contribution in [1.82, 2.24) is 19.6 Å². The highest BCUT2D eigenvalue weighted by Gasteiger charge is 2.18. The molecule has 0 saturated carbocycles. The summed E-state index contributed by atoms with van der Waals surface area (Å²) in [5, 5.41) is 6.62. The number of Topliss-reactive ketones (excluding diaryl/α,β-unsaturated/α-hetero) is 1. The molecule has 0 unspecified atom stereocenters. The number of hydrogen-bond donors (Lipinski definition) is 1. The van der Waals surface area contributed by atoms with Crippen LogP contribution in [0.4, 0.5) is 5.69 Å². The van der Waals surface area contributed by atoms with Gasteiger partial charge in [0.1, 0.15) is 6.33 Å². The molecule has 1 aromatic carbocycles. The molecular formula is C18H17N5O4. The fourth-order valence-electron chi connectivity index (χ4n) is 2.56. The van der Waals surface area contributed by atoms with Crippen molar-refractivity contribution in [3.8, 4) is 0 Å². The third kappa shape index (κ3) is 3.97. The molecule has 0 aliphatic carbocycles. The summed E-state index contributed by atoms with van der Waals surface area (Å²) in [5.74, 6) is -0.923. The molecule has 1 N–H and O–H groups in total. The van der Waals surface area contributed by atoms with Gasteiger partial charge in [-0.15, -0.1) is 0 Å². The second-order valence-corrected chi connectivity index (χ2v) is 5.71. The van der Waals surface area contributed by atoms with Gasteiger partial charge in [0, 0.05) is 17.4 Å². The number of anilines is 1. The van der Waals surface area contributed by atoms with Crippen LogP contribution in [0.15, 0.2) is 36.8 Å². The minimum absolute atomic E-state index is 0.111. The molecule has 0 radical (unpaired) electrons. The Hall–Kier alpha value is -3.62. The van der Waals surface area contributed by atoms with E-state index in [4.69, 9.17) is 4.74 Å². The number of hydrogen-bond acceptors (Lipinski definition) is 7. The summed E-state index contributed by atoms with van der Waals surface area (Å²) in [6.07, 6.45) is 3.22. The van der Waals surface area contributed by atoms with Crippen LogP contribution in [0.5, 0.6) is 0 Å². The largest absolute Gasteiger partial charge is 0.452 e. The smallest absolute Gasteiger partial charge is 0.342 e. The fourth-order valence-corrected chi connectivity index (χ4v) is 2.56. The number of ketones is 1. The zero-order valence-electron chi connectivity index (χ0n) is 14.8. The summed E-state index contributed by atoms with van der Waals surface area (Å²) < 4.78 is 6.55. The Labute approximate surface area is 154 Å². The van der Waals surface area contributed by atoms with E-state index in [0.29, 0.717) is 29.1 Å². The molecule has 3 aromatic rings. The summed E-state index contributed by atoms with van der Waals surface area (Å²) >= 11 is 0. The molecule has 3 rings (SSSR count). The summed E-state index contributed by atoms with van der Waals surface area (Å²) in [7, 11) is 0. The van der Waals surface area contributed by atoms with E-state index in [1.54, 1.807) is 24.3 Å². The van der Waals surface area contributed by atoms with Crippen molar-refractivity contribution in [2.75, 3.05) is 11.9 Å². The highest BCUT2D eigenvalue weighted by Crippen LogP contribution is 2.13. The SMILES string of the molecule is CCc1c(C(=O)OCC(=O)Nc2cccc(C(C)=O)c2)cnc2ncnn12.